The molecule has 1 atom stereocenters. The minimum Gasteiger partial charge on any atom is -0.464 e. The summed E-state index contributed by atoms with van der Waals surface area (Å²) in [6.07, 6.45) is 1.84. The number of hydrogen-bond acceptors (Lipinski definition) is 3. The average Bonchev–Trinajstić information content (AvgIpc) is 2.69. The van der Waals surface area contributed by atoms with Crippen LogP contribution in [0.25, 0.3) is 0 Å². The third-order valence-corrected chi connectivity index (χ3v) is 3.12. The molecule has 2 rings (SSSR count). The molecular formula is C13H15BrN2O. The first-order chi connectivity index (χ1) is 8.06. The maximum absolute atomic E-state index is 5.58. The van der Waals surface area contributed by atoms with E-state index in [1.54, 1.807) is 0 Å². The van der Waals surface area contributed by atoms with Gasteiger partial charge in [-0.2, -0.15) is 0 Å². The second-order valence-corrected chi connectivity index (χ2v) is 5.01. The number of aromatic nitrogens is 1. The van der Waals surface area contributed by atoms with Crippen LogP contribution in [0, 0.1) is 13.8 Å². The molecule has 4 heteroatoms. The van der Waals surface area contributed by atoms with E-state index in [9.17, 15) is 0 Å². The SMILES string of the molecule is Cc1cnc(NC(C)c2ccc(C)o2)c(Br)c1. The van der Waals surface area contributed by atoms with Crippen LogP contribution in [0.2, 0.25) is 0 Å². The second-order valence-electron chi connectivity index (χ2n) is 4.16. The minimum absolute atomic E-state index is 0.0928. The van der Waals surface area contributed by atoms with Crippen molar-refractivity contribution in [2.75, 3.05) is 5.32 Å². The van der Waals surface area contributed by atoms with Crippen LogP contribution in [0.15, 0.2) is 33.3 Å². The Morgan fingerprint density at radius 1 is 1.35 bits per heavy atom. The maximum Gasteiger partial charge on any atom is 0.140 e. The zero-order valence-electron chi connectivity index (χ0n) is 10.1. The lowest BCUT2D eigenvalue weighted by Gasteiger charge is -2.13. The number of halogens is 1. The summed E-state index contributed by atoms with van der Waals surface area (Å²) in [7, 11) is 0. The summed E-state index contributed by atoms with van der Waals surface area (Å²) in [5.74, 6) is 2.67. The zero-order chi connectivity index (χ0) is 12.4. The van der Waals surface area contributed by atoms with Crippen molar-refractivity contribution in [2.45, 2.75) is 26.8 Å². The van der Waals surface area contributed by atoms with Crippen molar-refractivity contribution in [1.29, 1.82) is 0 Å². The van der Waals surface area contributed by atoms with Crippen LogP contribution >= 0.6 is 15.9 Å². The molecule has 0 aliphatic rings. The lowest BCUT2D eigenvalue weighted by molar-refractivity contribution is 0.466. The Bertz CT molecular complexity index is 522. The Morgan fingerprint density at radius 2 is 2.12 bits per heavy atom. The molecular weight excluding hydrogens is 280 g/mol. The number of aryl methyl sites for hydroxylation is 2. The first kappa shape index (κ1) is 12.2. The molecule has 2 heterocycles. The van der Waals surface area contributed by atoms with Gasteiger partial charge in [-0.25, -0.2) is 4.98 Å². The van der Waals surface area contributed by atoms with Crippen molar-refractivity contribution < 1.29 is 4.42 Å². The van der Waals surface area contributed by atoms with Gasteiger partial charge in [0.15, 0.2) is 0 Å². The summed E-state index contributed by atoms with van der Waals surface area (Å²) < 4.78 is 6.54. The quantitative estimate of drug-likeness (QED) is 0.921. The van der Waals surface area contributed by atoms with Gasteiger partial charge in [0, 0.05) is 6.20 Å². The van der Waals surface area contributed by atoms with E-state index in [2.05, 4.69) is 26.2 Å². The summed E-state index contributed by atoms with van der Waals surface area (Å²) in [4.78, 5) is 4.35. The molecule has 2 aromatic heterocycles. The van der Waals surface area contributed by atoms with E-state index in [-0.39, 0.29) is 6.04 Å². The van der Waals surface area contributed by atoms with Crippen molar-refractivity contribution in [3.63, 3.8) is 0 Å². The van der Waals surface area contributed by atoms with Gasteiger partial charge < -0.3 is 9.73 Å². The lowest BCUT2D eigenvalue weighted by Crippen LogP contribution is -2.07. The summed E-state index contributed by atoms with van der Waals surface area (Å²) in [5.41, 5.74) is 1.13. The van der Waals surface area contributed by atoms with Crippen molar-refractivity contribution in [3.8, 4) is 0 Å². The molecule has 0 radical (unpaired) electrons. The van der Waals surface area contributed by atoms with Gasteiger partial charge in [-0.3, -0.25) is 0 Å². The first-order valence-corrected chi connectivity index (χ1v) is 6.30. The van der Waals surface area contributed by atoms with Gasteiger partial charge in [0.2, 0.25) is 0 Å². The predicted molar refractivity (Wildman–Crippen MR) is 72.2 cm³/mol. The van der Waals surface area contributed by atoms with Crippen LogP contribution < -0.4 is 5.32 Å². The number of hydrogen-bond donors (Lipinski definition) is 1. The summed E-state index contributed by atoms with van der Waals surface area (Å²) in [6.45, 7) is 6.00. The fraction of sp³-hybridized carbons (Fsp3) is 0.308. The molecule has 0 aliphatic heterocycles. The van der Waals surface area contributed by atoms with E-state index in [1.807, 2.05) is 45.2 Å². The van der Waals surface area contributed by atoms with Crippen LogP contribution in [0.3, 0.4) is 0 Å². The largest absolute Gasteiger partial charge is 0.464 e. The molecule has 0 amide bonds. The van der Waals surface area contributed by atoms with E-state index >= 15 is 0 Å². The fourth-order valence-electron chi connectivity index (χ4n) is 1.60. The molecule has 0 fully saturated rings. The highest BCUT2D eigenvalue weighted by Crippen LogP contribution is 2.25. The topological polar surface area (TPSA) is 38.1 Å². The molecule has 0 spiro atoms. The van der Waals surface area contributed by atoms with Gasteiger partial charge in [-0.1, -0.05) is 0 Å². The first-order valence-electron chi connectivity index (χ1n) is 5.51. The van der Waals surface area contributed by atoms with Crippen LogP contribution in [0.1, 0.15) is 30.0 Å². The molecule has 1 unspecified atom stereocenters. The molecule has 0 saturated carbocycles. The lowest BCUT2D eigenvalue weighted by atomic mass is 10.2. The fourth-order valence-corrected chi connectivity index (χ4v) is 2.18. The number of nitrogens with one attached hydrogen (secondary N) is 1. The molecule has 90 valence electrons. The summed E-state index contributed by atoms with van der Waals surface area (Å²) >= 11 is 3.50. The van der Waals surface area contributed by atoms with Gasteiger partial charge in [-0.15, -0.1) is 0 Å². The maximum atomic E-state index is 5.58. The van der Waals surface area contributed by atoms with Crippen LogP contribution in [-0.2, 0) is 0 Å². The number of pyridine rings is 1. The highest BCUT2D eigenvalue weighted by Gasteiger charge is 2.11. The van der Waals surface area contributed by atoms with Crippen LogP contribution in [0.5, 0.6) is 0 Å². The van der Waals surface area contributed by atoms with E-state index in [0.717, 1.165) is 27.4 Å². The van der Waals surface area contributed by atoms with Gasteiger partial charge >= 0.3 is 0 Å². The monoisotopic (exact) mass is 294 g/mol. The Kier molecular flexibility index (Phi) is 3.52. The smallest absolute Gasteiger partial charge is 0.140 e. The zero-order valence-corrected chi connectivity index (χ0v) is 11.7. The molecule has 1 N–H and O–H groups in total. The molecule has 2 aromatic rings. The molecule has 17 heavy (non-hydrogen) atoms. The van der Waals surface area contributed by atoms with Crippen LogP contribution in [0.4, 0.5) is 5.82 Å². The normalized spacial score (nSPS) is 12.5. The molecule has 0 saturated heterocycles. The molecule has 0 aromatic carbocycles. The summed E-state index contributed by atoms with van der Waals surface area (Å²) in [5, 5.41) is 3.32. The van der Waals surface area contributed by atoms with Gasteiger partial charge in [0.1, 0.15) is 17.3 Å². The Morgan fingerprint density at radius 3 is 2.71 bits per heavy atom. The minimum atomic E-state index is 0.0928. The Hall–Kier alpha value is -1.29. The molecule has 0 bridgehead atoms. The third kappa shape index (κ3) is 2.88. The van der Waals surface area contributed by atoms with E-state index in [4.69, 9.17) is 4.42 Å². The average molecular weight is 295 g/mol. The molecule has 3 nitrogen and oxygen atoms in total. The van der Waals surface area contributed by atoms with Gasteiger partial charge in [0.25, 0.3) is 0 Å². The number of nitrogens with zero attached hydrogens (tertiary/aromatic N) is 1. The second kappa shape index (κ2) is 4.92. The van der Waals surface area contributed by atoms with Crippen molar-refractivity contribution in [1.82, 2.24) is 4.98 Å². The van der Waals surface area contributed by atoms with E-state index in [0.29, 0.717) is 0 Å². The van der Waals surface area contributed by atoms with Crippen molar-refractivity contribution in [2.24, 2.45) is 0 Å². The number of furan rings is 1. The Balaban J connectivity index is 2.15. The van der Waals surface area contributed by atoms with E-state index < -0.39 is 0 Å². The highest BCUT2D eigenvalue weighted by molar-refractivity contribution is 9.10. The van der Waals surface area contributed by atoms with Gasteiger partial charge in [-0.05, 0) is 60.5 Å². The summed E-state index contributed by atoms with van der Waals surface area (Å²) in [6, 6.07) is 6.07. The van der Waals surface area contributed by atoms with Crippen molar-refractivity contribution in [3.05, 3.63) is 46.0 Å². The molecule has 0 aliphatic carbocycles. The van der Waals surface area contributed by atoms with Crippen molar-refractivity contribution >= 4 is 21.7 Å². The number of rotatable bonds is 3. The standard InChI is InChI=1S/C13H15BrN2O/c1-8-6-11(14)13(15-7-8)16-10(3)12-5-4-9(2)17-12/h4-7,10H,1-3H3,(H,15,16). The predicted octanol–water partition coefficient (Wildman–Crippen LogP) is 4.23. The Labute approximate surface area is 109 Å². The van der Waals surface area contributed by atoms with Crippen LogP contribution in [-0.4, -0.2) is 4.98 Å². The van der Waals surface area contributed by atoms with Gasteiger partial charge in [0.05, 0.1) is 10.5 Å². The third-order valence-electron chi connectivity index (χ3n) is 2.52. The van der Waals surface area contributed by atoms with E-state index in [1.165, 1.54) is 0 Å². The highest BCUT2D eigenvalue weighted by atomic mass is 79.9. The number of anilines is 1.